The Labute approximate surface area is 116 Å². The van der Waals surface area contributed by atoms with E-state index in [9.17, 15) is 0 Å². The van der Waals surface area contributed by atoms with Crippen molar-refractivity contribution in [3.8, 4) is 10.6 Å². The van der Waals surface area contributed by atoms with E-state index in [0.29, 0.717) is 6.04 Å². The lowest BCUT2D eigenvalue weighted by atomic mass is 9.98. The summed E-state index contributed by atoms with van der Waals surface area (Å²) >= 11 is 7.85. The normalized spacial score (nSPS) is 18.7. The molecule has 3 rings (SSSR count). The van der Waals surface area contributed by atoms with Crippen molar-refractivity contribution in [1.29, 1.82) is 0 Å². The van der Waals surface area contributed by atoms with Gasteiger partial charge in [-0.3, -0.25) is 0 Å². The fourth-order valence-corrected chi connectivity index (χ4v) is 3.80. The molecule has 1 aliphatic rings. The molecule has 18 heavy (non-hydrogen) atoms. The van der Waals surface area contributed by atoms with E-state index in [1.54, 1.807) is 11.3 Å². The van der Waals surface area contributed by atoms with Crippen LogP contribution in [0, 0.1) is 0 Å². The Kier molecular flexibility index (Phi) is 3.37. The first-order chi connectivity index (χ1) is 8.78. The third-order valence-corrected chi connectivity index (χ3v) is 4.79. The highest BCUT2D eigenvalue weighted by atomic mass is 35.5. The van der Waals surface area contributed by atoms with Gasteiger partial charge in [-0.05, 0) is 38.4 Å². The molecule has 0 amide bonds. The second-order valence-corrected chi connectivity index (χ2v) is 6.09. The van der Waals surface area contributed by atoms with Crippen LogP contribution in [0.25, 0.3) is 10.6 Å². The zero-order valence-electron chi connectivity index (χ0n) is 10.2. The van der Waals surface area contributed by atoms with Crippen LogP contribution in [-0.4, -0.2) is 12.0 Å². The minimum absolute atomic E-state index is 0.415. The zero-order valence-corrected chi connectivity index (χ0v) is 11.8. The van der Waals surface area contributed by atoms with Crippen molar-refractivity contribution in [2.75, 3.05) is 7.05 Å². The van der Waals surface area contributed by atoms with Crippen LogP contribution in [0.15, 0.2) is 24.3 Å². The summed E-state index contributed by atoms with van der Waals surface area (Å²) in [5, 5.41) is 5.21. The van der Waals surface area contributed by atoms with Crippen LogP contribution in [0.1, 0.15) is 29.5 Å². The van der Waals surface area contributed by atoms with Crippen LogP contribution in [-0.2, 0) is 6.42 Å². The number of nitrogens with one attached hydrogen (secondary N) is 1. The molecule has 0 radical (unpaired) electrons. The quantitative estimate of drug-likeness (QED) is 0.896. The lowest BCUT2D eigenvalue weighted by Crippen LogP contribution is -2.21. The third-order valence-electron chi connectivity index (χ3n) is 3.37. The Morgan fingerprint density at radius 3 is 3.11 bits per heavy atom. The van der Waals surface area contributed by atoms with E-state index >= 15 is 0 Å². The highest BCUT2D eigenvalue weighted by Gasteiger charge is 2.23. The van der Waals surface area contributed by atoms with E-state index < -0.39 is 0 Å². The highest BCUT2D eigenvalue weighted by Crippen LogP contribution is 2.37. The van der Waals surface area contributed by atoms with Gasteiger partial charge in [0, 0.05) is 15.5 Å². The fraction of sp³-hybridized carbons (Fsp3) is 0.357. The molecule has 2 nitrogen and oxygen atoms in total. The SMILES string of the molecule is CNC1CCCc2sc(-c3cccc(Cl)c3)nc21. The first-order valence-electron chi connectivity index (χ1n) is 6.20. The van der Waals surface area contributed by atoms with Crippen LogP contribution in [0.4, 0.5) is 0 Å². The van der Waals surface area contributed by atoms with Gasteiger partial charge >= 0.3 is 0 Å². The summed E-state index contributed by atoms with van der Waals surface area (Å²) in [6.07, 6.45) is 3.59. The molecule has 0 saturated heterocycles. The molecular formula is C14H15ClN2S. The van der Waals surface area contributed by atoms with E-state index in [1.165, 1.54) is 23.4 Å². The van der Waals surface area contributed by atoms with Crippen molar-refractivity contribution in [1.82, 2.24) is 10.3 Å². The van der Waals surface area contributed by atoms with Gasteiger partial charge in [0.05, 0.1) is 11.7 Å². The Morgan fingerprint density at radius 2 is 2.33 bits per heavy atom. The molecule has 0 spiro atoms. The molecule has 4 heteroatoms. The largest absolute Gasteiger partial charge is 0.312 e. The monoisotopic (exact) mass is 278 g/mol. The van der Waals surface area contributed by atoms with Crippen molar-refractivity contribution < 1.29 is 0 Å². The number of aromatic nitrogens is 1. The molecule has 1 aromatic heterocycles. The van der Waals surface area contributed by atoms with Crippen molar-refractivity contribution in [2.45, 2.75) is 25.3 Å². The van der Waals surface area contributed by atoms with Crippen molar-refractivity contribution in [2.24, 2.45) is 0 Å². The molecule has 1 atom stereocenters. The van der Waals surface area contributed by atoms with Gasteiger partial charge in [-0.2, -0.15) is 0 Å². The topological polar surface area (TPSA) is 24.9 Å². The molecule has 2 aromatic rings. The summed E-state index contributed by atoms with van der Waals surface area (Å²) in [6, 6.07) is 8.35. The molecule has 0 aliphatic heterocycles. The highest BCUT2D eigenvalue weighted by molar-refractivity contribution is 7.15. The molecule has 94 valence electrons. The number of thiazole rings is 1. The van der Waals surface area contributed by atoms with E-state index in [0.717, 1.165) is 22.0 Å². The third kappa shape index (κ3) is 2.18. The molecule has 0 fully saturated rings. The Morgan fingerprint density at radius 1 is 1.44 bits per heavy atom. The molecule has 1 N–H and O–H groups in total. The number of hydrogen-bond donors (Lipinski definition) is 1. The lowest BCUT2D eigenvalue weighted by Gasteiger charge is -2.19. The van der Waals surface area contributed by atoms with Gasteiger partial charge in [0.15, 0.2) is 0 Å². The minimum atomic E-state index is 0.415. The number of rotatable bonds is 2. The summed E-state index contributed by atoms with van der Waals surface area (Å²) in [5.74, 6) is 0. The molecule has 1 heterocycles. The second-order valence-electron chi connectivity index (χ2n) is 4.57. The van der Waals surface area contributed by atoms with Gasteiger partial charge in [0.1, 0.15) is 5.01 Å². The summed E-state index contributed by atoms with van der Waals surface area (Å²) in [5.41, 5.74) is 2.36. The first kappa shape index (κ1) is 12.2. The average molecular weight is 279 g/mol. The number of benzene rings is 1. The maximum atomic E-state index is 6.04. The number of aryl methyl sites for hydroxylation is 1. The standard InChI is InChI=1S/C14H15ClN2S/c1-16-11-6-3-7-12-13(11)17-14(18-12)9-4-2-5-10(15)8-9/h2,4-5,8,11,16H,3,6-7H2,1H3. The number of hydrogen-bond acceptors (Lipinski definition) is 3. The number of fused-ring (bicyclic) bond motifs is 1. The second kappa shape index (κ2) is 5.00. The van der Waals surface area contributed by atoms with Crippen LogP contribution in [0.2, 0.25) is 5.02 Å². The maximum Gasteiger partial charge on any atom is 0.123 e. The summed E-state index contributed by atoms with van der Waals surface area (Å²) < 4.78 is 0. The van der Waals surface area contributed by atoms with Gasteiger partial charge < -0.3 is 5.32 Å². The lowest BCUT2D eigenvalue weighted by molar-refractivity contribution is 0.490. The predicted octanol–water partition coefficient (Wildman–Crippen LogP) is 4.06. The van der Waals surface area contributed by atoms with E-state index in [-0.39, 0.29) is 0 Å². The minimum Gasteiger partial charge on any atom is -0.312 e. The van der Waals surface area contributed by atoms with Gasteiger partial charge in [-0.1, -0.05) is 23.7 Å². The van der Waals surface area contributed by atoms with Crippen LogP contribution >= 0.6 is 22.9 Å². The summed E-state index contributed by atoms with van der Waals surface area (Å²) in [4.78, 5) is 6.24. The fourth-order valence-electron chi connectivity index (χ4n) is 2.44. The van der Waals surface area contributed by atoms with Crippen molar-refractivity contribution >= 4 is 22.9 Å². The average Bonchev–Trinajstić information content (AvgIpc) is 2.82. The smallest absolute Gasteiger partial charge is 0.123 e. The van der Waals surface area contributed by atoms with E-state index in [4.69, 9.17) is 16.6 Å². The Hall–Kier alpha value is -0.900. The Balaban J connectivity index is 2.02. The van der Waals surface area contributed by atoms with Crippen LogP contribution in [0.3, 0.4) is 0 Å². The van der Waals surface area contributed by atoms with Gasteiger partial charge in [0.2, 0.25) is 0 Å². The van der Waals surface area contributed by atoms with Crippen LogP contribution in [0.5, 0.6) is 0 Å². The van der Waals surface area contributed by atoms with E-state index in [1.807, 2.05) is 25.2 Å². The van der Waals surface area contributed by atoms with E-state index in [2.05, 4.69) is 11.4 Å². The van der Waals surface area contributed by atoms with Gasteiger partial charge in [0.25, 0.3) is 0 Å². The summed E-state index contributed by atoms with van der Waals surface area (Å²) in [7, 11) is 2.01. The van der Waals surface area contributed by atoms with Gasteiger partial charge in [-0.25, -0.2) is 4.98 Å². The Bertz CT molecular complexity index is 565. The first-order valence-corrected chi connectivity index (χ1v) is 7.40. The number of nitrogens with zero attached hydrogens (tertiary/aromatic N) is 1. The molecule has 1 aromatic carbocycles. The molecular weight excluding hydrogens is 264 g/mol. The van der Waals surface area contributed by atoms with Crippen molar-refractivity contribution in [3.63, 3.8) is 0 Å². The van der Waals surface area contributed by atoms with Crippen molar-refractivity contribution in [3.05, 3.63) is 39.9 Å². The predicted molar refractivity (Wildman–Crippen MR) is 77.3 cm³/mol. The zero-order chi connectivity index (χ0) is 12.5. The van der Waals surface area contributed by atoms with Gasteiger partial charge in [-0.15, -0.1) is 11.3 Å². The molecule has 1 unspecified atom stereocenters. The van der Waals surface area contributed by atoms with Crippen LogP contribution < -0.4 is 5.32 Å². The molecule has 0 bridgehead atoms. The maximum absolute atomic E-state index is 6.04. The molecule has 0 saturated carbocycles. The number of halogens is 1. The summed E-state index contributed by atoms with van der Waals surface area (Å²) in [6.45, 7) is 0. The molecule has 1 aliphatic carbocycles.